The lowest BCUT2D eigenvalue weighted by Gasteiger charge is -2.25. The summed E-state index contributed by atoms with van der Waals surface area (Å²) in [5, 5.41) is 13.9. The number of nitrogens with one attached hydrogen (secondary N) is 1. The summed E-state index contributed by atoms with van der Waals surface area (Å²) >= 11 is 0. The van der Waals surface area contributed by atoms with Crippen LogP contribution in [0, 0.1) is 0 Å². The molecule has 0 bridgehead atoms. The first-order valence-corrected chi connectivity index (χ1v) is 31.9. The Balaban J connectivity index is 4.21. The van der Waals surface area contributed by atoms with Crippen LogP contribution in [0.15, 0.2) is 36.5 Å². The van der Waals surface area contributed by atoms with Gasteiger partial charge in [0.1, 0.15) is 13.2 Å². The van der Waals surface area contributed by atoms with Crippen molar-refractivity contribution in [2.75, 3.05) is 40.9 Å². The fraction of sp³-hybridized carbons (Fsp3) is 0.885. The number of aliphatic hydroxyl groups excluding tert-OH is 1. The zero-order valence-corrected chi connectivity index (χ0v) is 48.2. The number of hydrogen-bond donors (Lipinski definition) is 3. The van der Waals surface area contributed by atoms with Gasteiger partial charge in [-0.25, -0.2) is 4.57 Å². The van der Waals surface area contributed by atoms with E-state index in [0.717, 1.165) is 44.9 Å². The van der Waals surface area contributed by atoms with Crippen molar-refractivity contribution in [2.45, 2.75) is 309 Å². The summed E-state index contributed by atoms with van der Waals surface area (Å²) in [6.07, 6.45) is 68.4. The summed E-state index contributed by atoms with van der Waals surface area (Å²) in [5.74, 6) is -0.186. The van der Waals surface area contributed by atoms with E-state index in [-0.39, 0.29) is 19.1 Å². The maximum absolute atomic E-state index is 13.0. The highest BCUT2D eigenvalue weighted by Gasteiger charge is 2.27. The minimum atomic E-state index is -4.36. The maximum Gasteiger partial charge on any atom is 0.472 e. The lowest BCUT2D eigenvalue weighted by molar-refractivity contribution is -0.870. The number of phosphoric acid groups is 1. The highest BCUT2D eigenvalue weighted by Crippen LogP contribution is 2.43. The van der Waals surface area contributed by atoms with Crippen LogP contribution in [0.4, 0.5) is 0 Å². The van der Waals surface area contributed by atoms with Crippen molar-refractivity contribution in [3.8, 4) is 0 Å². The van der Waals surface area contributed by atoms with Crippen LogP contribution in [-0.2, 0) is 18.4 Å². The van der Waals surface area contributed by atoms with Crippen LogP contribution in [0.3, 0.4) is 0 Å². The molecule has 0 fully saturated rings. The standard InChI is InChI=1S/C61H119N2O6P/c1-6-8-10-12-14-16-18-20-22-24-26-27-28-29-30-31-32-33-34-35-37-38-40-42-44-46-48-50-52-54-60(64)59(58-69-70(66,67)68-57-56-63(3,4)5)62-61(65)55-53-51-49-47-45-43-41-39-36-25-23-21-19-17-15-13-11-9-7-2/h37-38,44,46,52,54,59-60,64H,6-36,39-43,45,47-51,53,55-58H2,1-5H3,(H-,62,65,66,67)/p+1/b38-37+,46-44+,54-52+. The molecule has 0 rings (SSSR count). The SMILES string of the molecule is CCCCCCCCCCCCCCCCCCCCC/C=C/CC/C=C/CC/C=C/C(O)C(COP(=O)(O)OCC[N+](C)(C)C)NC(=O)CCCCCCCCCCCCCCCCCCCCC. The van der Waals surface area contributed by atoms with Crippen LogP contribution in [0.2, 0.25) is 0 Å². The lowest BCUT2D eigenvalue weighted by atomic mass is 10.0. The molecule has 0 aromatic carbocycles. The Bertz CT molecular complexity index is 1230. The third-order valence-electron chi connectivity index (χ3n) is 13.8. The van der Waals surface area contributed by atoms with Crippen molar-refractivity contribution in [3.05, 3.63) is 36.5 Å². The topological polar surface area (TPSA) is 105 Å². The lowest BCUT2D eigenvalue weighted by Crippen LogP contribution is -2.45. The van der Waals surface area contributed by atoms with Gasteiger partial charge in [0.2, 0.25) is 5.91 Å². The van der Waals surface area contributed by atoms with Gasteiger partial charge in [-0.15, -0.1) is 0 Å². The number of nitrogens with zero attached hydrogens (tertiary/aromatic N) is 1. The van der Waals surface area contributed by atoms with E-state index in [1.807, 2.05) is 27.2 Å². The Morgan fingerprint density at radius 2 is 0.786 bits per heavy atom. The summed E-state index contributed by atoms with van der Waals surface area (Å²) in [6, 6.07) is -0.868. The van der Waals surface area contributed by atoms with Gasteiger partial charge in [-0.05, 0) is 44.9 Å². The van der Waals surface area contributed by atoms with E-state index in [9.17, 15) is 19.4 Å². The summed E-state index contributed by atoms with van der Waals surface area (Å²) in [5.41, 5.74) is 0. The minimum Gasteiger partial charge on any atom is -0.387 e. The number of quaternary nitrogens is 1. The first-order valence-electron chi connectivity index (χ1n) is 30.4. The number of hydrogen-bond acceptors (Lipinski definition) is 5. The minimum absolute atomic E-state index is 0.0552. The second-order valence-corrected chi connectivity index (χ2v) is 23.5. The first-order chi connectivity index (χ1) is 34.0. The van der Waals surface area contributed by atoms with Gasteiger partial charge in [-0.3, -0.25) is 13.8 Å². The van der Waals surface area contributed by atoms with E-state index in [1.54, 1.807) is 6.08 Å². The van der Waals surface area contributed by atoms with Gasteiger partial charge in [0.15, 0.2) is 0 Å². The molecule has 0 saturated heterocycles. The predicted molar refractivity (Wildman–Crippen MR) is 304 cm³/mol. The molecule has 0 heterocycles. The van der Waals surface area contributed by atoms with Gasteiger partial charge in [-0.2, -0.15) is 0 Å². The number of carbonyl (C=O) groups excluding carboxylic acids is 1. The monoisotopic (exact) mass is 1010 g/mol. The van der Waals surface area contributed by atoms with Gasteiger partial charge in [0, 0.05) is 6.42 Å². The number of phosphoric ester groups is 1. The van der Waals surface area contributed by atoms with E-state index in [2.05, 4.69) is 43.5 Å². The van der Waals surface area contributed by atoms with E-state index < -0.39 is 20.0 Å². The van der Waals surface area contributed by atoms with Crippen LogP contribution in [0.1, 0.15) is 296 Å². The Kier molecular flexibility index (Phi) is 51.6. The van der Waals surface area contributed by atoms with Crippen molar-refractivity contribution in [3.63, 3.8) is 0 Å². The quantitative estimate of drug-likeness (QED) is 0.0243. The fourth-order valence-corrected chi connectivity index (χ4v) is 9.81. The predicted octanol–water partition coefficient (Wildman–Crippen LogP) is 18.5. The average molecular weight is 1010 g/mol. The molecule has 0 saturated carbocycles. The molecular weight excluding hydrogens is 888 g/mol. The smallest absolute Gasteiger partial charge is 0.387 e. The van der Waals surface area contributed by atoms with E-state index in [4.69, 9.17) is 9.05 Å². The summed E-state index contributed by atoms with van der Waals surface area (Å²) in [6.45, 7) is 4.83. The summed E-state index contributed by atoms with van der Waals surface area (Å²) in [7, 11) is 1.56. The first kappa shape index (κ1) is 68.7. The zero-order valence-electron chi connectivity index (χ0n) is 47.3. The number of amides is 1. The average Bonchev–Trinajstić information content (AvgIpc) is 3.32. The molecule has 0 aromatic rings. The van der Waals surface area contributed by atoms with Gasteiger partial charge in [0.05, 0.1) is 39.9 Å². The summed E-state index contributed by atoms with van der Waals surface area (Å²) < 4.78 is 23.7. The molecule has 0 aromatic heterocycles. The molecule has 0 aliphatic carbocycles. The van der Waals surface area contributed by atoms with E-state index in [0.29, 0.717) is 17.4 Å². The molecule has 0 aliphatic rings. The van der Waals surface area contributed by atoms with Gasteiger partial charge >= 0.3 is 7.82 Å². The van der Waals surface area contributed by atoms with Crippen LogP contribution >= 0.6 is 7.82 Å². The molecular formula is C61H120N2O6P+. The third kappa shape index (κ3) is 54.5. The Hall–Kier alpha value is -1.28. The number of rotatable bonds is 56. The summed E-state index contributed by atoms with van der Waals surface area (Å²) in [4.78, 5) is 23.3. The molecule has 3 N–H and O–H groups in total. The van der Waals surface area contributed by atoms with Crippen LogP contribution in [0.25, 0.3) is 0 Å². The van der Waals surface area contributed by atoms with E-state index >= 15 is 0 Å². The van der Waals surface area contributed by atoms with Crippen LogP contribution in [-0.4, -0.2) is 73.4 Å². The van der Waals surface area contributed by atoms with Crippen molar-refractivity contribution in [1.82, 2.24) is 5.32 Å². The molecule has 8 nitrogen and oxygen atoms in total. The van der Waals surface area contributed by atoms with Crippen molar-refractivity contribution < 1.29 is 32.9 Å². The van der Waals surface area contributed by atoms with Crippen molar-refractivity contribution in [2.24, 2.45) is 0 Å². The second kappa shape index (κ2) is 52.6. The number of likely N-dealkylation sites (N-methyl/N-ethyl adjacent to an activating group) is 1. The molecule has 414 valence electrons. The molecule has 70 heavy (non-hydrogen) atoms. The van der Waals surface area contributed by atoms with Crippen molar-refractivity contribution in [1.29, 1.82) is 0 Å². The number of aliphatic hydroxyl groups is 1. The van der Waals surface area contributed by atoms with Gasteiger partial charge in [-0.1, -0.05) is 281 Å². The molecule has 0 radical (unpaired) electrons. The Morgan fingerprint density at radius 1 is 0.471 bits per heavy atom. The highest BCUT2D eigenvalue weighted by molar-refractivity contribution is 7.47. The number of unbranched alkanes of at least 4 members (excludes halogenated alkanes) is 39. The number of carbonyl (C=O) groups is 1. The Labute approximate surface area is 436 Å². The van der Waals surface area contributed by atoms with Crippen LogP contribution in [0.5, 0.6) is 0 Å². The Morgan fingerprint density at radius 3 is 1.14 bits per heavy atom. The molecule has 3 unspecified atom stereocenters. The van der Waals surface area contributed by atoms with Gasteiger partial charge in [0.25, 0.3) is 0 Å². The van der Waals surface area contributed by atoms with Crippen molar-refractivity contribution >= 4 is 13.7 Å². The zero-order chi connectivity index (χ0) is 51.3. The maximum atomic E-state index is 13.0. The number of allylic oxidation sites excluding steroid dienone is 5. The van der Waals surface area contributed by atoms with E-state index in [1.165, 1.54) is 231 Å². The third-order valence-corrected chi connectivity index (χ3v) is 14.8. The normalized spacial score (nSPS) is 14.1. The molecule has 0 aliphatic heterocycles. The molecule has 3 atom stereocenters. The fourth-order valence-electron chi connectivity index (χ4n) is 9.08. The van der Waals surface area contributed by atoms with Crippen LogP contribution < -0.4 is 5.32 Å². The molecule has 0 spiro atoms. The van der Waals surface area contributed by atoms with Gasteiger partial charge < -0.3 is 19.8 Å². The second-order valence-electron chi connectivity index (χ2n) is 22.1. The largest absolute Gasteiger partial charge is 0.472 e. The highest BCUT2D eigenvalue weighted by atomic mass is 31.2. The molecule has 1 amide bonds. The molecule has 9 heteroatoms.